The minimum atomic E-state index is -4.47. The summed E-state index contributed by atoms with van der Waals surface area (Å²) in [6, 6.07) is 11.4. The molecule has 0 saturated carbocycles. The van der Waals surface area contributed by atoms with Gasteiger partial charge in [-0.05, 0) is 37.3 Å². The molecule has 26 heavy (non-hydrogen) atoms. The lowest BCUT2D eigenvalue weighted by molar-refractivity contribution is -0.137. The summed E-state index contributed by atoms with van der Waals surface area (Å²) in [4.78, 5) is 11.7. The van der Waals surface area contributed by atoms with E-state index >= 15 is 0 Å². The molecule has 0 fully saturated rings. The number of hydrazone groups is 1. The number of nitrogens with one attached hydrogen (secondary N) is 1. The number of carbonyl (C=O) groups excluding carboxylic acids is 1. The number of ether oxygens (including phenoxy) is 2. The molecule has 0 aliphatic rings. The van der Waals surface area contributed by atoms with Crippen molar-refractivity contribution in [3.05, 3.63) is 59.7 Å². The van der Waals surface area contributed by atoms with Crippen molar-refractivity contribution in [2.45, 2.75) is 13.1 Å². The molecule has 0 atom stereocenters. The zero-order chi connectivity index (χ0) is 19.0. The number of hydrogen-bond donors (Lipinski definition) is 1. The second-order valence-electron chi connectivity index (χ2n) is 5.08. The van der Waals surface area contributed by atoms with E-state index in [0.29, 0.717) is 17.9 Å². The van der Waals surface area contributed by atoms with Crippen molar-refractivity contribution < 1.29 is 27.4 Å². The predicted octanol–water partition coefficient (Wildman–Crippen LogP) is 3.63. The Balaban J connectivity index is 1.88. The summed E-state index contributed by atoms with van der Waals surface area (Å²) in [5, 5.41) is 3.79. The summed E-state index contributed by atoms with van der Waals surface area (Å²) >= 11 is 0. The number of para-hydroxylation sites is 1. The van der Waals surface area contributed by atoms with Crippen LogP contribution in [0, 0.1) is 0 Å². The molecule has 0 radical (unpaired) electrons. The van der Waals surface area contributed by atoms with Gasteiger partial charge in [-0.2, -0.15) is 18.3 Å². The van der Waals surface area contributed by atoms with E-state index in [1.165, 1.54) is 18.3 Å². The van der Waals surface area contributed by atoms with Gasteiger partial charge >= 0.3 is 6.18 Å². The van der Waals surface area contributed by atoms with E-state index in [0.717, 1.165) is 12.1 Å². The van der Waals surface area contributed by atoms with E-state index in [2.05, 4.69) is 10.5 Å². The third-order valence-corrected chi connectivity index (χ3v) is 3.14. The van der Waals surface area contributed by atoms with Crippen LogP contribution in [-0.4, -0.2) is 25.3 Å². The van der Waals surface area contributed by atoms with Crippen molar-refractivity contribution in [1.29, 1.82) is 0 Å². The molecule has 0 spiro atoms. The van der Waals surface area contributed by atoms with Crippen molar-refractivity contribution in [2.75, 3.05) is 13.2 Å². The van der Waals surface area contributed by atoms with Gasteiger partial charge in [0.1, 0.15) is 11.5 Å². The number of carbonyl (C=O) groups is 1. The number of benzene rings is 2. The first-order chi connectivity index (χ1) is 12.4. The first-order valence-electron chi connectivity index (χ1n) is 7.74. The lowest BCUT2D eigenvalue weighted by Gasteiger charge is -2.09. The van der Waals surface area contributed by atoms with Crippen LogP contribution in [0.1, 0.15) is 18.1 Å². The molecule has 0 aliphatic carbocycles. The summed E-state index contributed by atoms with van der Waals surface area (Å²) in [5.41, 5.74) is 2.07. The third-order valence-electron chi connectivity index (χ3n) is 3.14. The van der Waals surface area contributed by atoms with E-state index in [9.17, 15) is 18.0 Å². The Morgan fingerprint density at radius 1 is 1.15 bits per heavy atom. The molecule has 2 aromatic rings. The Hall–Kier alpha value is -3.03. The van der Waals surface area contributed by atoms with Gasteiger partial charge in [0.2, 0.25) is 0 Å². The maximum atomic E-state index is 12.6. The number of nitrogens with zero attached hydrogens (tertiary/aromatic N) is 1. The summed E-state index contributed by atoms with van der Waals surface area (Å²) in [7, 11) is 0. The van der Waals surface area contributed by atoms with Crippen molar-refractivity contribution in [1.82, 2.24) is 5.43 Å². The molecule has 5 nitrogen and oxygen atoms in total. The standard InChI is InChI=1S/C18H17F3N2O3/c1-2-25-16-9-4-3-6-13(16)11-22-23-17(24)12-26-15-8-5-7-14(10-15)18(19,20)21/h3-11H,2,12H2,1H3,(H,23,24)/b22-11+. The largest absolute Gasteiger partial charge is 0.493 e. The van der Waals surface area contributed by atoms with Gasteiger partial charge in [0.15, 0.2) is 6.61 Å². The number of hydrogen-bond acceptors (Lipinski definition) is 4. The first kappa shape index (κ1) is 19.3. The van der Waals surface area contributed by atoms with Gasteiger partial charge in [-0.15, -0.1) is 0 Å². The van der Waals surface area contributed by atoms with Gasteiger partial charge in [-0.1, -0.05) is 18.2 Å². The van der Waals surface area contributed by atoms with Crippen LogP contribution in [0.2, 0.25) is 0 Å². The zero-order valence-electron chi connectivity index (χ0n) is 13.9. The fraction of sp³-hybridized carbons (Fsp3) is 0.222. The van der Waals surface area contributed by atoms with E-state index in [1.807, 2.05) is 13.0 Å². The second kappa shape index (κ2) is 8.89. The van der Waals surface area contributed by atoms with E-state index in [-0.39, 0.29) is 5.75 Å². The Kier molecular flexibility index (Phi) is 6.60. The molecule has 0 aliphatic heterocycles. The number of amides is 1. The van der Waals surface area contributed by atoms with Gasteiger partial charge in [-0.25, -0.2) is 5.43 Å². The zero-order valence-corrected chi connectivity index (χ0v) is 13.9. The van der Waals surface area contributed by atoms with Crippen LogP contribution in [0.15, 0.2) is 53.6 Å². The van der Waals surface area contributed by atoms with Gasteiger partial charge in [0.25, 0.3) is 5.91 Å². The lowest BCUT2D eigenvalue weighted by atomic mass is 10.2. The van der Waals surface area contributed by atoms with Crippen molar-refractivity contribution in [3.8, 4) is 11.5 Å². The molecule has 0 aromatic heterocycles. The first-order valence-corrected chi connectivity index (χ1v) is 7.74. The van der Waals surface area contributed by atoms with E-state index < -0.39 is 24.3 Å². The molecular formula is C18H17F3N2O3. The summed E-state index contributed by atoms with van der Waals surface area (Å²) in [5.74, 6) is -0.0404. The fourth-order valence-corrected chi connectivity index (χ4v) is 1.99. The molecular weight excluding hydrogens is 349 g/mol. The van der Waals surface area contributed by atoms with Crippen LogP contribution in [0.5, 0.6) is 11.5 Å². The molecule has 1 N–H and O–H groups in total. The highest BCUT2D eigenvalue weighted by atomic mass is 19.4. The molecule has 0 unspecified atom stereocenters. The third kappa shape index (κ3) is 5.80. The van der Waals surface area contributed by atoms with E-state index in [1.54, 1.807) is 18.2 Å². The average Bonchev–Trinajstić information content (AvgIpc) is 2.61. The monoisotopic (exact) mass is 366 g/mol. The van der Waals surface area contributed by atoms with Gasteiger partial charge in [-0.3, -0.25) is 4.79 Å². The number of rotatable bonds is 7. The van der Waals surface area contributed by atoms with Crippen LogP contribution < -0.4 is 14.9 Å². The van der Waals surface area contributed by atoms with Crippen molar-refractivity contribution >= 4 is 12.1 Å². The topological polar surface area (TPSA) is 59.9 Å². The van der Waals surface area contributed by atoms with Crippen LogP contribution in [-0.2, 0) is 11.0 Å². The Labute approximate surface area is 148 Å². The van der Waals surface area contributed by atoms with Crippen LogP contribution in [0.3, 0.4) is 0 Å². The lowest BCUT2D eigenvalue weighted by Crippen LogP contribution is -2.24. The van der Waals surface area contributed by atoms with Crippen molar-refractivity contribution in [2.24, 2.45) is 5.10 Å². The van der Waals surface area contributed by atoms with Crippen LogP contribution in [0.4, 0.5) is 13.2 Å². The molecule has 8 heteroatoms. The summed E-state index contributed by atoms with van der Waals surface area (Å²) in [6.45, 7) is 1.87. The Bertz CT molecular complexity index is 776. The smallest absolute Gasteiger partial charge is 0.416 e. The van der Waals surface area contributed by atoms with Crippen LogP contribution in [0.25, 0.3) is 0 Å². The van der Waals surface area contributed by atoms with E-state index in [4.69, 9.17) is 9.47 Å². The molecule has 0 bridgehead atoms. The predicted molar refractivity (Wildman–Crippen MR) is 90.3 cm³/mol. The number of alkyl halides is 3. The molecule has 0 saturated heterocycles. The summed E-state index contributed by atoms with van der Waals surface area (Å²) < 4.78 is 48.3. The number of halogens is 3. The fourth-order valence-electron chi connectivity index (χ4n) is 1.99. The van der Waals surface area contributed by atoms with Crippen LogP contribution >= 0.6 is 0 Å². The second-order valence-corrected chi connectivity index (χ2v) is 5.08. The van der Waals surface area contributed by atoms with Gasteiger partial charge < -0.3 is 9.47 Å². The highest BCUT2D eigenvalue weighted by Gasteiger charge is 2.30. The molecule has 138 valence electrons. The minimum absolute atomic E-state index is 0.0550. The highest BCUT2D eigenvalue weighted by Crippen LogP contribution is 2.31. The summed E-state index contributed by atoms with van der Waals surface area (Å²) in [6.07, 6.45) is -3.06. The minimum Gasteiger partial charge on any atom is -0.493 e. The van der Waals surface area contributed by atoms with Gasteiger partial charge in [0, 0.05) is 5.56 Å². The van der Waals surface area contributed by atoms with Crippen molar-refractivity contribution in [3.63, 3.8) is 0 Å². The highest BCUT2D eigenvalue weighted by molar-refractivity contribution is 5.85. The van der Waals surface area contributed by atoms with Gasteiger partial charge in [0.05, 0.1) is 18.4 Å². The quantitative estimate of drug-likeness (QED) is 0.601. The molecule has 2 aromatic carbocycles. The maximum absolute atomic E-state index is 12.6. The Morgan fingerprint density at radius 2 is 1.92 bits per heavy atom. The Morgan fingerprint density at radius 3 is 2.65 bits per heavy atom. The SMILES string of the molecule is CCOc1ccccc1/C=N/NC(=O)COc1cccc(C(F)(F)F)c1. The maximum Gasteiger partial charge on any atom is 0.416 e. The normalized spacial score (nSPS) is 11.4. The average molecular weight is 366 g/mol. The molecule has 0 heterocycles. The molecule has 1 amide bonds. The molecule has 2 rings (SSSR count).